The first-order valence-corrected chi connectivity index (χ1v) is 9.06. The molecular weight excluding hydrogens is 372 g/mol. The van der Waals surface area contributed by atoms with Crippen LogP contribution in [0, 0.1) is 12.3 Å². The molecule has 0 saturated carbocycles. The van der Waals surface area contributed by atoms with E-state index in [1.807, 2.05) is 12.1 Å². The molecule has 0 unspecified atom stereocenters. The number of terminal acetylenes is 1. The molecule has 0 radical (unpaired) electrons. The van der Waals surface area contributed by atoms with Gasteiger partial charge in [0.25, 0.3) is 0 Å². The van der Waals surface area contributed by atoms with Crippen LogP contribution in [0.1, 0.15) is 32.6 Å². The molecule has 5 rings (SSSR count). The first-order chi connectivity index (χ1) is 14.2. The molecule has 0 aromatic heterocycles. The van der Waals surface area contributed by atoms with E-state index in [2.05, 4.69) is 5.92 Å². The zero-order valence-corrected chi connectivity index (χ0v) is 15.3. The van der Waals surface area contributed by atoms with Crippen molar-refractivity contribution in [3.63, 3.8) is 0 Å². The largest absolute Gasteiger partial charge is 0.457 e. The fraction of sp³-hybridized carbons (Fsp3) is 0.174. The third kappa shape index (κ3) is 2.49. The van der Waals surface area contributed by atoms with Crippen LogP contribution < -0.4 is 9.47 Å². The van der Waals surface area contributed by atoms with Gasteiger partial charge in [-0.2, -0.15) is 0 Å². The van der Waals surface area contributed by atoms with Crippen molar-refractivity contribution in [2.24, 2.45) is 0 Å². The van der Waals surface area contributed by atoms with Crippen LogP contribution in [0.2, 0.25) is 0 Å². The van der Waals surface area contributed by atoms with Gasteiger partial charge in [-0.15, -0.1) is 6.42 Å². The Bertz CT molecular complexity index is 1230. The van der Waals surface area contributed by atoms with E-state index in [4.69, 9.17) is 20.6 Å². The Morgan fingerprint density at radius 2 is 1.66 bits per heavy atom. The highest BCUT2D eigenvalue weighted by atomic mass is 16.7. The number of fused-ring (bicyclic) bond motifs is 3. The van der Waals surface area contributed by atoms with Gasteiger partial charge in [0.05, 0.1) is 18.8 Å². The predicted octanol–water partition coefficient (Wildman–Crippen LogP) is 2.87. The number of hydrogen-bond donors (Lipinski definition) is 2. The van der Waals surface area contributed by atoms with Crippen LogP contribution in [-0.2, 0) is 24.6 Å². The lowest BCUT2D eigenvalue weighted by atomic mass is 9.85. The van der Waals surface area contributed by atoms with Crippen molar-refractivity contribution < 1.29 is 29.2 Å². The molecule has 6 heteroatoms. The number of aliphatic hydroxyl groups is 2. The Balaban J connectivity index is 1.93. The van der Waals surface area contributed by atoms with Crippen LogP contribution in [0.15, 0.2) is 30.3 Å². The molecule has 0 aliphatic carbocycles. The minimum atomic E-state index is -0.442. The summed E-state index contributed by atoms with van der Waals surface area (Å²) in [7, 11) is 0. The summed E-state index contributed by atoms with van der Waals surface area (Å²) >= 11 is 0. The lowest BCUT2D eigenvalue weighted by molar-refractivity contribution is 0.0535. The number of ether oxygens (including phenoxy) is 3. The Hall–Kier alpha value is -3.53. The van der Waals surface area contributed by atoms with E-state index in [-0.39, 0.29) is 26.6 Å². The molecule has 0 atom stereocenters. The van der Waals surface area contributed by atoms with Crippen molar-refractivity contribution in [1.29, 1.82) is 0 Å². The summed E-state index contributed by atoms with van der Waals surface area (Å²) in [6.07, 6.45) is 5.79. The molecule has 2 N–H and O–H groups in total. The van der Waals surface area contributed by atoms with E-state index >= 15 is 0 Å². The molecule has 3 aromatic carbocycles. The minimum absolute atomic E-state index is 0.0946. The van der Waals surface area contributed by atoms with E-state index in [0.29, 0.717) is 50.3 Å². The van der Waals surface area contributed by atoms with Gasteiger partial charge in [-0.25, -0.2) is 4.79 Å². The van der Waals surface area contributed by atoms with Crippen LogP contribution in [0.5, 0.6) is 11.5 Å². The van der Waals surface area contributed by atoms with Gasteiger partial charge >= 0.3 is 5.97 Å². The van der Waals surface area contributed by atoms with Gasteiger partial charge in [0.15, 0.2) is 11.5 Å². The molecule has 6 nitrogen and oxygen atoms in total. The molecule has 2 heterocycles. The zero-order valence-electron chi connectivity index (χ0n) is 15.3. The predicted molar refractivity (Wildman–Crippen MR) is 104 cm³/mol. The lowest BCUT2D eigenvalue weighted by Crippen LogP contribution is -2.03. The molecule has 0 spiro atoms. The van der Waals surface area contributed by atoms with Crippen LogP contribution >= 0.6 is 0 Å². The Morgan fingerprint density at radius 3 is 2.38 bits per heavy atom. The van der Waals surface area contributed by atoms with Crippen LogP contribution in [0.4, 0.5) is 0 Å². The van der Waals surface area contributed by atoms with E-state index in [1.165, 1.54) is 0 Å². The van der Waals surface area contributed by atoms with Crippen molar-refractivity contribution in [1.82, 2.24) is 0 Å². The summed E-state index contributed by atoms with van der Waals surface area (Å²) < 4.78 is 16.2. The van der Waals surface area contributed by atoms with E-state index in [9.17, 15) is 15.0 Å². The average Bonchev–Trinajstić information content (AvgIpc) is 3.37. The number of benzene rings is 3. The summed E-state index contributed by atoms with van der Waals surface area (Å²) in [6, 6.07) is 9.00. The fourth-order valence-corrected chi connectivity index (χ4v) is 4.07. The summed E-state index contributed by atoms with van der Waals surface area (Å²) in [5, 5.41) is 20.9. The molecule has 0 amide bonds. The van der Waals surface area contributed by atoms with E-state index < -0.39 is 5.97 Å². The third-order valence-electron chi connectivity index (χ3n) is 5.43. The van der Waals surface area contributed by atoms with Gasteiger partial charge in [0.1, 0.15) is 6.61 Å². The molecule has 29 heavy (non-hydrogen) atoms. The SMILES string of the molecule is C#Cc1c2c(c(-c3ccc4c(c3)OCO4)c3cc(CO)c(CO)cc13)C(=O)OC2. The van der Waals surface area contributed by atoms with Crippen LogP contribution in [-0.4, -0.2) is 23.0 Å². The van der Waals surface area contributed by atoms with Crippen molar-refractivity contribution >= 4 is 16.7 Å². The van der Waals surface area contributed by atoms with Crippen molar-refractivity contribution in [3.05, 3.63) is 58.1 Å². The summed E-state index contributed by atoms with van der Waals surface area (Å²) in [4.78, 5) is 12.6. The van der Waals surface area contributed by atoms with Crippen LogP contribution in [0.25, 0.3) is 21.9 Å². The molecule has 2 aliphatic heterocycles. The standard InChI is InChI=1S/C23H16O6/c1-2-15-16-5-13(8-24)14(9-25)6-17(16)21(22-18(15)10-27-23(22)26)12-3-4-19-20(7-12)29-11-28-19/h1,3-7,24-25H,8-11H2. The van der Waals surface area contributed by atoms with Crippen molar-refractivity contribution in [3.8, 4) is 35.0 Å². The number of hydrogen-bond acceptors (Lipinski definition) is 6. The quantitative estimate of drug-likeness (QED) is 0.530. The molecule has 0 saturated heterocycles. The Labute approximate surface area is 166 Å². The summed E-state index contributed by atoms with van der Waals surface area (Å²) in [5.74, 6) is 3.46. The van der Waals surface area contributed by atoms with E-state index in [1.54, 1.807) is 18.2 Å². The smallest absolute Gasteiger partial charge is 0.339 e. The van der Waals surface area contributed by atoms with Gasteiger partial charge in [-0.1, -0.05) is 12.0 Å². The highest BCUT2D eigenvalue weighted by Gasteiger charge is 2.31. The number of carbonyl (C=O) groups is 1. The second-order valence-electron chi connectivity index (χ2n) is 6.87. The minimum Gasteiger partial charge on any atom is -0.457 e. The Morgan fingerprint density at radius 1 is 0.931 bits per heavy atom. The lowest BCUT2D eigenvalue weighted by Gasteiger charge is -2.17. The number of rotatable bonds is 3. The summed E-state index contributed by atoms with van der Waals surface area (Å²) in [6.45, 7) is -0.247. The number of carbonyl (C=O) groups excluding carboxylic acids is 1. The normalized spacial score (nSPS) is 14.0. The molecular formula is C23H16O6. The first kappa shape index (κ1) is 17.6. The molecule has 0 bridgehead atoms. The molecule has 2 aliphatic rings. The monoisotopic (exact) mass is 388 g/mol. The Kier molecular flexibility index (Phi) is 3.95. The van der Waals surface area contributed by atoms with Crippen LogP contribution in [0.3, 0.4) is 0 Å². The molecule has 0 fully saturated rings. The van der Waals surface area contributed by atoms with Crippen molar-refractivity contribution in [2.75, 3.05) is 6.79 Å². The number of aliphatic hydroxyl groups excluding tert-OH is 2. The maximum Gasteiger partial charge on any atom is 0.339 e. The maximum absolute atomic E-state index is 12.6. The van der Waals surface area contributed by atoms with Gasteiger partial charge in [0.2, 0.25) is 6.79 Å². The second kappa shape index (κ2) is 6.52. The topological polar surface area (TPSA) is 85.2 Å². The fourth-order valence-electron chi connectivity index (χ4n) is 4.07. The van der Waals surface area contributed by atoms with E-state index in [0.717, 1.165) is 10.9 Å². The maximum atomic E-state index is 12.6. The van der Waals surface area contributed by atoms with Gasteiger partial charge < -0.3 is 24.4 Å². The molecule has 144 valence electrons. The van der Waals surface area contributed by atoms with Gasteiger partial charge in [0, 0.05) is 16.7 Å². The second-order valence-corrected chi connectivity index (χ2v) is 6.87. The number of cyclic esters (lactones) is 1. The van der Waals surface area contributed by atoms with Gasteiger partial charge in [-0.3, -0.25) is 0 Å². The van der Waals surface area contributed by atoms with Gasteiger partial charge in [-0.05, 0) is 51.7 Å². The average molecular weight is 388 g/mol. The molecule has 3 aromatic rings. The third-order valence-corrected chi connectivity index (χ3v) is 5.43. The zero-order chi connectivity index (χ0) is 20.1. The number of esters is 1. The first-order valence-electron chi connectivity index (χ1n) is 9.06. The summed E-state index contributed by atoms with van der Waals surface area (Å²) in [5.41, 5.74) is 4.19. The van der Waals surface area contributed by atoms with Crippen molar-refractivity contribution in [2.45, 2.75) is 19.8 Å². The highest BCUT2D eigenvalue weighted by molar-refractivity contribution is 6.13. The highest BCUT2D eigenvalue weighted by Crippen LogP contribution is 2.44.